The number of hydrogen-bond acceptors (Lipinski definition) is 3. The number of carbonyl (C=O) groups is 2. The predicted molar refractivity (Wildman–Crippen MR) is 89.9 cm³/mol. The van der Waals surface area contributed by atoms with E-state index in [0.717, 1.165) is 17.5 Å². The van der Waals surface area contributed by atoms with Gasteiger partial charge in [-0.05, 0) is 41.7 Å². The third-order valence-corrected chi connectivity index (χ3v) is 4.44. The van der Waals surface area contributed by atoms with E-state index in [1.807, 2.05) is 24.3 Å². The summed E-state index contributed by atoms with van der Waals surface area (Å²) in [5, 5.41) is 15.7. The van der Waals surface area contributed by atoms with Crippen molar-refractivity contribution in [1.82, 2.24) is 10.6 Å². The number of amides is 2. The Hall–Kier alpha value is -2.73. The minimum absolute atomic E-state index is 0.0210. The molecular formula is C19H19FN2O3. The second-order valence-electron chi connectivity index (χ2n) is 6.18. The van der Waals surface area contributed by atoms with Crippen molar-refractivity contribution in [3.05, 3.63) is 71.0 Å². The summed E-state index contributed by atoms with van der Waals surface area (Å²) in [7, 11) is 0. The van der Waals surface area contributed by atoms with Crippen molar-refractivity contribution >= 4 is 11.8 Å². The number of fused-ring (bicyclic) bond motifs is 1. The normalized spacial score (nSPS) is 18.5. The molecule has 0 saturated heterocycles. The van der Waals surface area contributed by atoms with Gasteiger partial charge in [0.25, 0.3) is 0 Å². The highest BCUT2D eigenvalue weighted by Crippen LogP contribution is 2.36. The monoisotopic (exact) mass is 342 g/mol. The van der Waals surface area contributed by atoms with E-state index < -0.39 is 17.4 Å². The highest BCUT2D eigenvalue weighted by molar-refractivity contribution is 6.35. The molecule has 1 atom stereocenters. The first-order valence-corrected chi connectivity index (χ1v) is 8.09. The SMILES string of the molecule is O=C(NCc1ccc(F)cc1)C(=O)NC[C@]1(O)CCc2ccccc21. The second-order valence-corrected chi connectivity index (χ2v) is 6.18. The van der Waals surface area contributed by atoms with Gasteiger partial charge in [0.1, 0.15) is 11.4 Å². The molecule has 5 nitrogen and oxygen atoms in total. The predicted octanol–water partition coefficient (Wildman–Crippen LogP) is 1.39. The third kappa shape index (κ3) is 3.85. The van der Waals surface area contributed by atoms with Crippen LogP contribution < -0.4 is 10.6 Å². The average Bonchev–Trinajstić information content (AvgIpc) is 2.97. The zero-order valence-electron chi connectivity index (χ0n) is 13.6. The molecule has 1 aliphatic carbocycles. The zero-order chi connectivity index (χ0) is 17.9. The molecular weight excluding hydrogens is 323 g/mol. The van der Waals surface area contributed by atoms with Gasteiger partial charge in [0.05, 0.1) is 6.54 Å². The Labute approximate surface area is 144 Å². The fourth-order valence-electron chi connectivity index (χ4n) is 3.02. The second kappa shape index (κ2) is 7.03. The Morgan fingerprint density at radius 3 is 2.48 bits per heavy atom. The summed E-state index contributed by atoms with van der Waals surface area (Å²) in [5.74, 6) is -1.96. The van der Waals surface area contributed by atoms with Crippen LogP contribution in [0.1, 0.15) is 23.1 Å². The molecule has 0 unspecified atom stereocenters. The Morgan fingerprint density at radius 2 is 1.72 bits per heavy atom. The molecule has 0 bridgehead atoms. The fraction of sp³-hybridized carbons (Fsp3) is 0.263. The first-order chi connectivity index (χ1) is 12.0. The molecule has 0 radical (unpaired) electrons. The molecule has 3 rings (SSSR count). The van der Waals surface area contributed by atoms with Crippen LogP contribution in [0.3, 0.4) is 0 Å². The lowest BCUT2D eigenvalue weighted by atomic mass is 9.96. The maximum Gasteiger partial charge on any atom is 0.309 e. The molecule has 6 heteroatoms. The van der Waals surface area contributed by atoms with Crippen molar-refractivity contribution in [3.63, 3.8) is 0 Å². The molecule has 0 fully saturated rings. The van der Waals surface area contributed by atoms with Crippen molar-refractivity contribution in [2.24, 2.45) is 0 Å². The van der Waals surface area contributed by atoms with Gasteiger partial charge in [-0.1, -0.05) is 36.4 Å². The van der Waals surface area contributed by atoms with Gasteiger partial charge in [0.15, 0.2) is 0 Å². The maximum atomic E-state index is 12.8. The molecule has 3 N–H and O–H groups in total. The van der Waals surface area contributed by atoms with E-state index in [-0.39, 0.29) is 18.9 Å². The number of rotatable bonds is 4. The summed E-state index contributed by atoms with van der Waals surface area (Å²) in [6.45, 7) is 0.104. The van der Waals surface area contributed by atoms with Crippen LogP contribution >= 0.6 is 0 Å². The number of benzene rings is 2. The minimum Gasteiger partial charge on any atom is -0.383 e. The molecule has 0 aromatic heterocycles. The van der Waals surface area contributed by atoms with Gasteiger partial charge in [-0.3, -0.25) is 9.59 Å². The summed E-state index contributed by atoms with van der Waals surface area (Å²) in [6.07, 6.45) is 1.24. The molecule has 0 spiro atoms. The lowest BCUT2D eigenvalue weighted by molar-refractivity contribution is -0.140. The Balaban J connectivity index is 1.52. The number of halogens is 1. The quantitative estimate of drug-likeness (QED) is 0.735. The van der Waals surface area contributed by atoms with Gasteiger partial charge in [-0.15, -0.1) is 0 Å². The minimum atomic E-state index is -1.15. The first-order valence-electron chi connectivity index (χ1n) is 8.09. The molecule has 0 saturated carbocycles. The molecule has 25 heavy (non-hydrogen) atoms. The van der Waals surface area contributed by atoms with Crippen molar-refractivity contribution < 1.29 is 19.1 Å². The fourth-order valence-corrected chi connectivity index (χ4v) is 3.02. The lowest BCUT2D eigenvalue weighted by Crippen LogP contribution is -2.45. The summed E-state index contributed by atoms with van der Waals surface area (Å²) < 4.78 is 12.8. The molecule has 2 amide bonds. The Morgan fingerprint density at radius 1 is 1.04 bits per heavy atom. The van der Waals surface area contributed by atoms with Crippen molar-refractivity contribution in [3.8, 4) is 0 Å². The van der Waals surface area contributed by atoms with Gasteiger partial charge in [0, 0.05) is 6.54 Å². The summed E-state index contributed by atoms with van der Waals surface area (Å²) in [6, 6.07) is 13.2. The van der Waals surface area contributed by atoms with Crippen LogP contribution in [0.2, 0.25) is 0 Å². The van der Waals surface area contributed by atoms with Crippen LogP contribution in [0.5, 0.6) is 0 Å². The van der Waals surface area contributed by atoms with E-state index in [1.54, 1.807) is 0 Å². The van der Waals surface area contributed by atoms with Crippen LogP contribution in [0.15, 0.2) is 48.5 Å². The van der Waals surface area contributed by atoms with Crippen molar-refractivity contribution in [2.75, 3.05) is 6.54 Å². The maximum absolute atomic E-state index is 12.8. The molecule has 130 valence electrons. The first kappa shape index (κ1) is 17.1. The average molecular weight is 342 g/mol. The van der Waals surface area contributed by atoms with Crippen LogP contribution in [-0.4, -0.2) is 23.5 Å². The number of nitrogens with one attached hydrogen (secondary N) is 2. The summed E-state index contributed by atoms with van der Waals surface area (Å²) in [4.78, 5) is 23.8. The smallest absolute Gasteiger partial charge is 0.309 e. The van der Waals surface area contributed by atoms with E-state index in [2.05, 4.69) is 10.6 Å². The topological polar surface area (TPSA) is 78.4 Å². The highest BCUT2D eigenvalue weighted by Gasteiger charge is 2.36. The van der Waals surface area contributed by atoms with E-state index >= 15 is 0 Å². The molecule has 0 aliphatic heterocycles. The number of hydrogen-bond donors (Lipinski definition) is 3. The summed E-state index contributed by atoms with van der Waals surface area (Å²) in [5.41, 5.74) is 1.39. The van der Waals surface area contributed by atoms with Gasteiger partial charge in [0.2, 0.25) is 0 Å². The van der Waals surface area contributed by atoms with Crippen LogP contribution in [-0.2, 0) is 28.2 Å². The van der Waals surface area contributed by atoms with E-state index in [1.165, 1.54) is 24.3 Å². The summed E-state index contributed by atoms with van der Waals surface area (Å²) >= 11 is 0. The van der Waals surface area contributed by atoms with Crippen molar-refractivity contribution in [1.29, 1.82) is 0 Å². The molecule has 2 aromatic carbocycles. The Bertz CT molecular complexity index is 792. The standard InChI is InChI=1S/C19H19FN2O3/c20-15-7-5-13(6-8-15)11-21-17(23)18(24)22-12-19(25)10-9-14-3-1-2-4-16(14)19/h1-8,25H,9-12H2,(H,21,23)(H,22,24)/t19-/m1/s1. The number of carbonyl (C=O) groups excluding carboxylic acids is 2. The Kier molecular flexibility index (Phi) is 4.81. The zero-order valence-corrected chi connectivity index (χ0v) is 13.6. The van der Waals surface area contributed by atoms with E-state index in [4.69, 9.17) is 0 Å². The van der Waals surface area contributed by atoms with Crippen LogP contribution in [0.4, 0.5) is 4.39 Å². The van der Waals surface area contributed by atoms with Crippen LogP contribution in [0, 0.1) is 5.82 Å². The van der Waals surface area contributed by atoms with Gasteiger partial charge >= 0.3 is 11.8 Å². The number of aryl methyl sites for hydroxylation is 1. The number of aliphatic hydroxyl groups is 1. The van der Waals surface area contributed by atoms with E-state index in [0.29, 0.717) is 12.0 Å². The van der Waals surface area contributed by atoms with Crippen LogP contribution in [0.25, 0.3) is 0 Å². The molecule has 0 heterocycles. The van der Waals surface area contributed by atoms with Gasteiger partial charge in [-0.25, -0.2) is 4.39 Å². The largest absolute Gasteiger partial charge is 0.383 e. The van der Waals surface area contributed by atoms with Crippen molar-refractivity contribution in [2.45, 2.75) is 25.0 Å². The third-order valence-electron chi connectivity index (χ3n) is 4.44. The highest BCUT2D eigenvalue weighted by atomic mass is 19.1. The molecule has 2 aromatic rings. The molecule has 1 aliphatic rings. The van der Waals surface area contributed by atoms with Gasteiger partial charge < -0.3 is 15.7 Å². The van der Waals surface area contributed by atoms with E-state index in [9.17, 15) is 19.1 Å². The lowest BCUT2D eigenvalue weighted by Gasteiger charge is -2.24. The van der Waals surface area contributed by atoms with Gasteiger partial charge in [-0.2, -0.15) is 0 Å².